The lowest BCUT2D eigenvalue weighted by Crippen LogP contribution is -2.32. The van der Waals surface area contributed by atoms with E-state index < -0.39 is 36.8 Å². The Balaban J connectivity index is 1.79. The molecule has 0 atom stereocenters. The van der Waals surface area contributed by atoms with E-state index in [2.05, 4.69) is 10.6 Å². The molecule has 8 heteroatoms. The van der Waals surface area contributed by atoms with Crippen molar-refractivity contribution >= 4 is 23.5 Å². The SMILES string of the molecule is CCOc1ccccc1C(=O)NCC(=O)OCC(=O)Nc1ccc(C)cc1F. The van der Waals surface area contributed by atoms with Gasteiger partial charge in [-0.3, -0.25) is 14.4 Å². The van der Waals surface area contributed by atoms with E-state index in [1.165, 1.54) is 12.1 Å². The van der Waals surface area contributed by atoms with Crippen molar-refractivity contribution in [1.29, 1.82) is 0 Å². The average Bonchev–Trinajstić information content (AvgIpc) is 2.67. The van der Waals surface area contributed by atoms with Crippen LogP contribution in [0.2, 0.25) is 0 Å². The number of halogens is 1. The lowest BCUT2D eigenvalue weighted by atomic mass is 10.2. The number of benzene rings is 2. The van der Waals surface area contributed by atoms with Crippen LogP contribution >= 0.6 is 0 Å². The number of aryl methyl sites for hydroxylation is 1. The molecule has 0 fully saturated rings. The van der Waals surface area contributed by atoms with Gasteiger partial charge in [0.15, 0.2) is 6.61 Å². The highest BCUT2D eigenvalue weighted by atomic mass is 19.1. The minimum atomic E-state index is -0.804. The van der Waals surface area contributed by atoms with Crippen LogP contribution < -0.4 is 15.4 Å². The molecular formula is C20H21FN2O5. The van der Waals surface area contributed by atoms with Crippen molar-refractivity contribution in [2.45, 2.75) is 13.8 Å². The number of para-hydroxylation sites is 1. The third kappa shape index (κ3) is 6.08. The quantitative estimate of drug-likeness (QED) is 0.678. The van der Waals surface area contributed by atoms with Gasteiger partial charge in [-0.1, -0.05) is 18.2 Å². The van der Waals surface area contributed by atoms with Gasteiger partial charge < -0.3 is 20.1 Å². The monoisotopic (exact) mass is 388 g/mol. The molecule has 0 unspecified atom stereocenters. The van der Waals surface area contributed by atoms with Crippen LogP contribution in [-0.4, -0.2) is 37.5 Å². The molecule has 0 heterocycles. The smallest absolute Gasteiger partial charge is 0.325 e. The normalized spacial score (nSPS) is 10.1. The molecule has 0 aliphatic carbocycles. The van der Waals surface area contributed by atoms with E-state index >= 15 is 0 Å². The van der Waals surface area contributed by atoms with E-state index in [9.17, 15) is 18.8 Å². The van der Waals surface area contributed by atoms with E-state index in [0.717, 1.165) is 0 Å². The lowest BCUT2D eigenvalue weighted by Gasteiger charge is -2.10. The molecule has 0 bridgehead atoms. The zero-order valence-electron chi connectivity index (χ0n) is 15.6. The van der Waals surface area contributed by atoms with E-state index in [0.29, 0.717) is 17.9 Å². The standard InChI is InChI=1S/C20H21FN2O5/c1-3-27-17-7-5-4-6-14(17)20(26)22-11-19(25)28-12-18(24)23-16-9-8-13(2)10-15(16)21/h4-10H,3,11-12H2,1-2H3,(H,22,26)(H,23,24). The van der Waals surface area contributed by atoms with Crippen LogP contribution in [0, 0.1) is 12.7 Å². The number of anilines is 1. The summed E-state index contributed by atoms with van der Waals surface area (Å²) in [5, 5.41) is 4.71. The number of hydrogen-bond donors (Lipinski definition) is 2. The van der Waals surface area contributed by atoms with Gasteiger partial charge in [-0.15, -0.1) is 0 Å². The molecule has 0 aromatic heterocycles. The number of nitrogens with one attached hydrogen (secondary N) is 2. The van der Waals surface area contributed by atoms with Crippen LogP contribution in [0.4, 0.5) is 10.1 Å². The Bertz CT molecular complexity index is 869. The van der Waals surface area contributed by atoms with Crippen molar-refractivity contribution < 1.29 is 28.2 Å². The number of hydrogen-bond acceptors (Lipinski definition) is 5. The van der Waals surface area contributed by atoms with Crippen molar-refractivity contribution in [1.82, 2.24) is 5.32 Å². The van der Waals surface area contributed by atoms with Gasteiger partial charge in [-0.25, -0.2) is 4.39 Å². The highest BCUT2D eigenvalue weighted by Crippen LogP contribution is 2.17. The molecular weight excluding hydrogens is 367 g/mol. The minimum absolute atomic E-state index is 0.00696. The lowest BCUT2D eigenvalue weighted by molar-refractivity contribution is -0.146. The van der Waals surface area contributed by atoms with Gasteiger partial charge in [-0.05, 0) is 43.7 Å². The van der Waals surface area contributed by atoms with Crippen LogP contribution in [0.5, 0.6) is 5.75 Å². The van der Waals surface area contributed by atoms with Gasteiger partial charge >= 0.3 is 5.97 Å². The molecule has 2 rings (SSSR count). The Morgan fingerprint density at radius 2 is 1.86 bits per heavy atom. The van der Waals surface area contributed by atoms with Crippen molar-refractivity contribution in [3.8, 4) is 5.75 Å². The summed E-state index contributed by atoms with van der Waals surface area (Å²) < 4.78 is 23.8. The second-order valence-corrected chi connectivity index (χ2v) is 5.80. The average molecular weight is 388 g/mol. The molecule has 0 radical (unpaired) electrons. The number of ether oxygens (including phenoxy) is 2. The van der Waals surface area contributed by atoms with Gasteiger partial charge in [0.25, 0.3) is 11.8 Å². The van der Waals surface area contributed by atoms with Crippen molar-refractivity contribution in [3.05, 3.63) is 59.4 Å². The highest BCUT2D eigenvalue weighted by molar-refractivity contribution is 5.98. The summed E-state index contributed by atoms with van der Waals surface area (Å²) in [7, 11) is 0. The first-order chi connectivity index (χ1) is 13.4. The molecule has 2 aromatic rings. The first-order valence-electron chi connectivity index (χ1n) is 8.62. The van der Waals surface area contributed by atoms with Gasteiger partial charge in [0.05, 0.1) is 17.9 Å². The molecule has 2 amide bonds. The van der Waals surface area contributed by atoms with Crippen LogP contribution in [0.25, 0.3) is 0 Å². The second kappa shape index (κ2) is 10.1. The Labute approximate surface area is 161 Å². The fourth-order valence-corrected chi connectivity index (χ4v) is 2.29. The van der Waals surface area contributed by atoms with Crippen LogP contribution in [-0.2, 0) is 14.3 Å². The van der Waals surface area contributed by atoms with Gasteiger partial charge in [0.1, 0.15) is 18.1 Å². The fourth-order valence-electron chi connectivity index (χ4n) is 2.29. The van der Waals surface area contributed by atoms with E-state index in [1.807, 2.05) is 0 Å². The van der Waals surface area contributed by atoms with Crippen molar-refractivity contribution in [2.75, 3.05) is 25.1 Å². The Morgan fingerprint density at radius 3 is 2.57 bits per heavy atom. The maximum absolute atomic E-state index is 13.7. The number of esters is 1. The summed E-state index contributed by atoms with van der Waals surface area (Å²) in [6, 6.07) is 10.9. The third-order valence-corrected chi connectivity index (χ3v) is 3.59. The predicted molar refractivity (Wildman–Crippen MR) is 101 cm³/mol. The van der Waals surface area contributed by atoms with E-state index in [4.69, 9.17) is 9.47 Å². The van der Waals surface area contributed by atoms with Gasteiger partial charge in [0.2, 0.25) is 0 Å². The van der Waals surface area contributed by atoms with Crippen molar-refractivity contribution in [2.24, 2.45) is 0 Å². The molecule has 7 nitrogen and oxygen atoms in total. The summed E-state index contributed by atoms with van der Waals surface area (Å²) in [6.45, 7) is 2.88. The third-order valence-electron chi connectivity index (χ3n) is 3.59. The summed E-state index contributed by atoms with van der Waals surface area (Å²) in [5.74, 6) is -2.19. The molecule has 0 aliphatic rings. The largest absolute Gasteiger partial charge is 0.493 e. The summed E-state index contributed by atoms with van der Waals surface area (Å²) in [5.41, 5.74) is 0.987. The topological polar surface area (TPSA) is 93.7 Å². The number of amides is 2. The van der Waals surface area contributed by atoms with Gasteiger partial charge in [-0.2, -0.15) is 0 Å². The zero-order valence-corrected chi connectivity index (χ0v) is 15.6. The highest BCUT2D eigenvalue weighted by Gasteiger charge is 2.15. The Morgan fingerprint density at radius 1 is 1.11 bits per heavy atom. The molecule has 2 N–H and O–H groups in total. The van der Waals surface area contributed by atoms with Crippen LogP contribution in [0.1, 0.15) is 22.8 Å². The summed E-state index contributed by atoms with van der Waals surface area (Å²) in [4.78, 5) is 35.7. The number of carbonyl (C=O) groups excluding carboxylic acids is 3. The van der Waals surface area contributed by atoms with E-state index in [1.54, 1.807) is 44.2 Å². The summed E-state index contributed by atoms with van der Waals surface area (Å²) >= 11 is 0. The summed E-state index contributed by atoms with van der Waals surface area (Å²) in [6.07, 6.45) is 0. The van der Waals surface area contributed by atoms with E-state index in [-0.39, 0.29) is 11.3 Å². The second-order valence-electron chi connectivity index (χ2n) is 5.80. The molecule has 0 saturated heterocycles. The molecule has 0 saturated carbocycles. The Hall–Kier alpha value is -3.42. The molecule has 0 aliphatic heterocycles. The number of carbonyl (C=O) groups is 3. The molecule has 28 heavy (non-hydrogen) atoms. The maximum atomic E-state index is 13.7. The Kier molecular flexibility index (Phi) is 7.50. The van der Waals surface area contributed by atoms with Crippen LogP contribution in [0.3, 0.4) is 0 Å². The first kappa shape index (κ1) is 20.9. The first-order valence-corrected chi connectivity index (χ1v) is 8.62. The predicted octanol–water partition coefficient (Wildman–Crippen LogP) is 2.44. The molecule has 0 spiro atoms. The van der Waals surface area contributed by atoms with Crippen LogP contribution in [0.15, 0.2) is 42.5 Å². The van der Waals surface area contributed by atoms with Crippen molar-refractivity contribution in [3.63, 3.8) is 0 Å². The minimum Gasteiger partial charge on any atom is -0.493 e. The van der Waals surface area contributed by atoms with Gasteiger partial charge in [0, 0.05) is 0 Å². The fraction of sp³-hybridized carbons (Fsp3) is 0.250. The number of rotatable bonds is 8. The zero-order chi connectivity index (χ0) is 20.5. The molecule has 148 valence electrons. The molecule has 2 aromatic carbocycles. The maximum Gasteiger partial charge on any atom is 0.325 e.